The first-order chi connectivity index (χ1) is 10.2. The molecule has 0 aromatic heterocycles. The van der Waals surface area contributed by atoms with Crippen molar-refractivity contribution in [3.63, 3.8) is 0 Å². The van der Waals surface area contributed by atoms with Crippen LogP contribution >= 0.6 is 0 Å². The van der Waals surface area contributed by atoms with Gasteiger partial charge in [-0.25, -0.2) is 0 Å². The van der Waals surface area contributed by atoms with Crippen molar-refractivity contribution in [2.24, 2.45) is 0 Å². The Kier molecular flexibility index (Phi) is 5.60. The van der Waals surface area contributed by atoms with Gasteiger partial charge in [-0.2, -0.15) is 5.26 Å². The van der Waals surface area contributed by atoms with Gasteiger partial charge < -0.3 is 15.0 Å². The monoisotopic (exact) mass is 287 g/mol. The third-order valence-corrected chi connectivity index (χ3v) is 4.49. The maximum Gasteiger partial charge on any atom is 0.174 e. The molecule has 114 valence electrons. The van der Waals surface area contributed by atoms with Crippen molar-refractivity contribution in [2.45, 2.75) is 37.8 Å². The van der Waals surface area contributed by atoms with Crippen molar-refractivity contribution in [3.05, 3.63) is 29.8 Å². The minimum Gasteiger partial charge on any atom is -0.479 e. The van der Waals surface area contributed by atoms with E-state index in [0.717, 1.165) is 18.8 Å². The molecule has 1 aliphatic carbocycles. The summed E-state index contributed by atoms with van der Waals surface area (Å²) in [6.45, 7) is 2.00. The summed E-state index contributed by atoms with van der Waals surface area (Å²) in [4.78, 5) is 2.38. The highest BCUT2D eigenvalue weighted by Gasteiger charge is 2.35. The first-order valence-corrected chi connectivity index (χ1v) is 7.63. The van der Waals surface area contributed by atoms with Crippen LogP contribution in [0.15, 0.2) is 24.3 Å². The van der Waals surface area contributed by atoms with E-state index in [1.165, 1.54) is 31.2 Å². The Hall–Kier alpha value is -1.57. The molecule has 0 amide bonds. The largest absolute Gasteiger partial charge is 0.479 e. The molecule has 1 aromatic carbocycles. The molecule has 4 nitrogen and oxygen atoms in total. The van der Waals surface area contributed by atoms with Crippen LogP contribution in [0.3, 0.4) is 0 Å². The van der Waals surface area contributed by atoms with Gasteiger partial charge in [0, 0.05) is 18.6 Å². The number of nitrogens with one attached hydrogen (secondary N) is 1. The second-order valence-corrected chi connectivity index (χ2v) is 6.02. The molecular formula is C17H25N3O. The van der Waals surface area contributed by atoms with E-state index in [9.17, 15) is 0 Å². The predicted molar refractivity (Wildman–Crippen MR) is 84.1 cm³/mol. The van der Waals surface area contributed by atoms with Crippen LogP contribution in [0.4, 0.5) is 0 Å². The third kappa shape index (κ3) is 4.20. The van der Waals surface area contributed by atoms with Gasteiger partial charge in [-0.15, -0.1) is 0 Å². The second-order valence-electron chi connectivity index (χ2n) is 6.02. The van der Waals surface area contributed by atoms with Crippen molar-refractivity contribution < 1.29 is 4.74 Å². The van der Waals surface area contributed by atoms with E-state index >= 15 is 0 Å². The number of nitrogens with zero attached hydrogens (tertiary/aromatic N) is 2. The molecule has 21 heavy (non-hydrogen) atoms. The van der Waals surface area contributed by atoms with Crippen LogP contribution in [-0.2, 0) is 6.54 Å². The smallest absolute Gasteiger partial charge is 0.174 e. The fourth-order valence-electron chi connectivity index (χ4n) is 3.07. The quantitative estimate of drug-likeness (QED) is 0.837. The van der Waals surface area contributed by atoms with E-state index in [4.69, 9.17) is 10.00 Å². The molecule has 0 atom stereocenters. The summed E-state index contributed by atoms with van der Waals surface area (Å²) in [6, 6.07) is 9.92. The molecule has 0 unspecified atom stereocenters. The second kappa shape index (κ2) is 7.44. The van der Waals surface area contributed by atoms with Crippen molar-refractivity contribution >= 4 is 0 Å². The molecule has 1 N–H and O–H groups in total. The molecule has 4 heteroatoms. The van der Waals surface area contributed by atoms with Gasteiger partial charge >= 0.3 is 0 Å². The lowest BCUT2D eigenvalue weighted by Gasteiger charge is -2.36. The Morgan fingerprint density at radius 1 is 1.24 bits per heavy atom. The fourth-order valence-corrected chi connectivity index (χ4v) is 3.07. The van der Waals surface area contributed by atoms with Gasteiger partial charge in [0.2, 0.25) is 0 Å². The summed E-state index contributed by atoms with van der Waals surface area (Å²) in [5.74, 6) is 0.751. The van der Waals surface area contributed by atoms with E-state index in [2.05, 4.69) is 36.4 Å². The van der Waals surface area contributed by atoms with Crippen LogP contribution in [0.25, 0.3) is 0 Å². The van der Waals surface area contributed by atoms with Crippen molar-refractivity contribution in [3.8, 4) is 11.8 Å². The van der Waals surface area contributed by atoms with Gasteiger partial charge in [-0.1, -0.05) is 25.0 Å². The van der Waals surface area contributed by atoms with Gasteiger partial charge in [0.1, 0.15) is 11.8 Å². The number of rotatable bonds is 7. The molecular weight excluding hydrogens is 262 g/mol. The average Bonchev–Trinajstić information content (AvgIpc) is 2.97. The van der Waals surface area contributed by atoms with Crippen LogP contribution in [-0.4, -0.2) is 37.7 Å². The minimum absolute atomic E-state index is 0.100. The highest BCUT2D eigenvalue weighted by molar-refractivity contribution is 5.27. The SMILES string of the molecule is CN(C)C1(CNCc2ccc(OCC#N)cc2)CCCC1. The zero-order chi connectivity index (χ0) is 15.1. The zero-order valence-corrected chi connectivity index (χ0v) is 13.1. The minimum atomic E-state index is 0.100. The lowest BCUT2D eigenvalue weighted by atomic mass is 9.96. The fraction of sp³-hybridized carbons (Fsp3) is 0.588. The van der Waals surface area contributed by atoms with Crippen LogP contribution in [0.1, 0.15) is 31.2 Å². The van der Waals surface area contributed by atoms with E-state index in [1.54, 1.807) is 0 Å². The third-order valence-electron chi connectivity index (χ3n) is 4.49. The highest BCUT2D eigenvalue weighted by Crippen LogP contribution is 2.33. The van der Waals surface area contributed by atoms with Crippen LogP contribution in [0.2, 0.25) is 0 Å². The number of nitriles is 1. The standard InChI is InChI=1S/C17H25N3O/c1-20(2)17(9-3-4-10-17)14-19-13-15-5-7-16(8-6-15)21-12-11-18/h5-8,19H,3-4,9-10,12-14H2,1-2H3. The van der Waals surface area contributed by atoms with Gasteiger partial charge in [-0.05, 0) is 44.6 Å². The molecule has 0 saturated heterocycles. The van der Waals surface area contributed by atoms with E-state index < -0.39 is 0 Å². The predicted octanol–water partition coefficient (Wildman–Crippen LogP) is 2.55. The molecule has 1 aromatic rings. The maximum atomic E-state index is 8.48. The van der Waals surface area contributed by atoms with Gasteiger partial charge in [0.25, 0.3) is 0 Å². The number of hydrogen-bond acceptors (Lipinski definition) is 4. The molecule has 2 rings (SSSR count). The molecule has 0 aliphatic heterocycles. The Morgan fingerprint density at radius 2 is 1.90 bits per heavy atom. The number of ether oxygens (including phenoxy) is 1. The number of hydrogen-bond donors (Lipinski definition) is 1. The molecule has 1 aliphatic rings. The molecule has 0 bridgehead atoms. The number of benzene rings is 1. The lowest BCUT2D eigenvalue weighted by Crippen LogP contribution is -2.49. The van der Waals surface area contributed by atoms with Crippen LogP contribution in [0.5, 0.6) is 5.75 Å². The van der Waals surface area contributed by atoms with Crippen LogP contribution < -0.4 is 10.1 Å². The number of likely N-dealkylation sites (N-methyl/N-ethyl adjacent to an activating group) is 1. The Balaban J connectivity index is 1.81. The summed E-state index contributed by atoms with van der Waals surface area (Å²) in [5.41, 5.74) is 1.57. The first-order valence-electron chi connectivity index (χ1n) is 7.63. The van der Waals surface area contributed by atoms with Gasteiger partial charge in [0.15, 0.2) is 6.61 Å². The van der Waals surface area contributed by atoms with Gasteiger partial charge in [-0.3, -0.25) is 0 Å². The van der Waals surface area contributed by atoms with Crippen LogP contribution in [0, 0.1) is 11.3 Å². The maximum absolute atomic E-state index is 8.48. The van der Waals surface area contributed by atoms with E-state index in [-0.39, 0.29) is 6.61 Å². The molecule has 1 saturated carbocycles. The van der Waals surface area contributed by atoms with Crippen molar-refractivity contribution in [1.82, 2.24) is 10.2 Å². The Bertz CT molecular complexity index is 470. The molecule has 0 radical (unpaired) electrons. The summed E-state index contributed by atoms with van der Waals surface area (Å²) in [7, 11) is 4.38. The summed E-state index contributed by atoms with van der Waals surface area (Å²) < 4.78 is 5.26. The van der Waals surface area contributed by atoms with Crippen molar-refractivity contribution in [2.75, 3.05) is 27.2 Å². The lowest BCUT2D eigenvalue weighted by molar-refractivity contribution is 0.153. The van der Waals surface area contributed by atoms with Gasteiger partial charge in [0.05, 0.1) is 0 Å². The van der Waals surface area contributed by atoms with Crippen molar-refractivity contribution in [1.29, 1.82) is 5.26 Å². The normalized spacial score (nSPS) is 16.9. The average molecular weight is 287 g/mol. The summed E-state index contributed by atoms with van der Waals surface area (Å²) in [5, 5.41) is 12.1. The first kappa shape index (κ1) is 15.8. The molecule has 0 heterocycles. The zero-order valence-electron chi connectivity index (χ0n) is 13.1. The molecule has 1 fully saturated rings. The topological polar surface area (TPSA) is 48.3 Å². The summed E-state index contributed by atoms with van der Waals surface area (Å²) >= 11 is 0. The Labute approximate surface area is 127 Å². The highest BCUT2D eigenvalue weighted by atomic mass is 16.5. The van der Waals surface area contributed by atoms with E-state index in [0.29, 0.717) is 5.54 Å². The molecule has 0 spiro atoms. The van der Waals surface area contributed by atoms with E-state index in [1.807, 2.05) is 18.2 Å². The Morgan fingerprint density at radius 3 is 2.48 bits per heavy atom. The summed E-state index contributed by atoms with van der Waals surface area (Å²) in [6.07, 6.45) is 5.25.